The van der Waals surface area contributed by atoms with Crippen LogP contribution in [0.25, 0.3) is 0 Å². The van der Waals surface area contributed by atoms with Crippen molar-refractivity contribution in [1.82, 2.24) is 4.72 Å². The minimum Gasteiger partial charge on any atom is -0.319 e. The summed E-state index contributed by atoms with van der Waals surface area (Å²) in [5.41, 5.74) is 0.0684. The van der Waals surface area contributed by atoms with Crippen molar-refractivity contribution in [2.45, 2.75) is 24.7 Å². The van der Waals surface area contributed by atoms with E-state index in [-0.39, 0.29) is 27.7 Å². The highest BCUT2D eigenvalue weighted by atomic mass is 35.5. The van der Waals surface area contributed by atoms with Crippen LogP contribution in [0.15, 0.2) is 47.4 Å². The van der Waals surface area contributed by atoms with E-state index in [0.29, 0.717) is 6.42 Å². The highest BCUT2D eigenvalue weighted by Gasteiger charge is 2.17. The van der Waals surface area contributed by atoms with Crippen molar-refractivity contribution >= 4 is 33.2 Å². The number of carbonyl (C=O) groups is 1. The molecule has 0 heterocycles. The predicted octanol–water partition coefficient (Wildman–Crippen LogP) is 3.81. The summed E-state index contributed by atoms with van der Waals surface area (Å²) in [6.45, 7) is 2.22. The molecule has 0 fully saturated rings. The van der Waals surface area contributed by atoms with Crippen molar-refractivity contribution in [2.24, 2.45) is 0 Å². The number of benzene rings is 2. The average molecular weight is 385 g/mol. The van der Waals surface area contributed by atoms with Gasteiger partial charge in [0.2, 0.25) is 10.0 Å². The number of halogens is 2. The van der Waals surface area contributed by atoms with Crippen molar-refractivity contribution in [3.05, 3.63) is 58.9 Å². The van der Waals surface area contributed by atoms with Gasteiger partial charge >= 0.3 is 0 Å². The molecule has 5 nitrogen and oxygen atoms in total. The number of hydrogen-bond donors (Lipinski definition) is 2. The Labute approximate surface area is 151 Å². The maximum atomic E-state index is 14.2. The highest BCUT2D eigenvalue weighted by molar-refractivity contribution is 7.89. The van der Waals surface area contributed by atoms with Crippen molar-refractivity contribution < 1.29 is 17.6 Å². The molecule has 0 aliphatic rings. The van der Waals surface area contributed by atoms with Crippen LogP contribution in [0, 0.1) is 5.82 Å². The number of amides is 1. The summed E-state index contributed by atoms with van der Waals surface area (Å²) in [5.74, 6) is -1.43. The fourth-order valence-electron chi connectivity index (χ4n) is 2.07. The Balaban J connectivity index is 2.17. The predicted molar refractivity (Wildman–Crippen MR) is 95.9 cm³/mol. The molecular formula is C17H18ClFN2O3S. The molecule has 0 aromatic heterocycles. The van der Waals surface area contributed by atoms with E-state index in [2.05, 4.69) is 10.0 Å². The lowest BCUT2D eigenvalue weighted by Gasteiger charge is -2.10. The third-order valence-electron chi connectivity index (χ3n) is 3.44. The molecular weight excluding hydrogens is 367 g/mol. The number of hydrogen-bond acceptors (Lipinski definition) is 3. The molecule has 0 unspecified atom stereocenters. The average Bonchev–Trinajstić information content (AvgIpc) is 2.57. The summed E-state index contributed by atoms with van der Waals surface area (Å²) in [5, 5.41) is 2.62. The van der Waals surface area contributed by atoms with E-state index >= 15 is 0 Å². The van der Waals surface area contributed by atoms with Gasteiger partial charge in [0.25, 0.3) is 5.91 Å². The standard InChI is InChI=1S/C17H18ClFN2O3S/c1-2-3-10-20-25(23,24)12-8-9-16(15(19)11-12)21-17(22)13-6-4-5-7-14(13)18/h4-9,11,20H,2-3,10H2,1H3,(H,21,22). The molecule has 0 spiro atoms. The molecule has 0 aliphatic carbocycles. The first-order valence-corrected chi connectivity index (χ1v) is 9.56. The lowest BCUT2D eigenvalue weighted by atomic mass is 10.2. The molecule has 2 aromatic rings. The van der Waals surface area contributed by atoms with E-state index in [9.17, 15) is 17.6 Å². The maximum absolute atomic E-state index is 14.2. The quantitative estimate of drug-likeness (QED) is 0.713. The third kappa shape index (κ3) is 5.01. The van der Waals surface area contributed by atoms with Gasteiger partial charge in [-0.25, -0.2) is 17.5 Å². The Kier molecular flexibility index (Phi) is 6.52. The molecule has 0 radical (unpaired) electrons. The monoisotopic (exact) mass is 384 g/mol. The largest absolute Gasteiger partial charge is 0.319 e. The molecule has 2 rings (SSSR count). The van der Waals surface area contributed by atoms with Gasteiger partial charge < -0.3 is 5.32 Å². The summed E-state index contributed by atoms with van der Waals surface area (Å²) in [6, 6.07) is 9.67. The second-order valence-corrected chi connectivity index (χ2v) is 7.50. The SMILES string of the molecule is CCCCNS(=O)(=O)c1ccc(NC(=O)c2ccccc2Cl)c(F)c1. The van der Waals surface area contributed by atoms with Crippen molar-refractivity contribution in [2.75, 3.05) is 11.9 Å². The second kappa shape index (κ2) is 8.42. The molecule has 1 amide bonds. The summed E-state index contributed by atoms with van der Waals surface area (Å²) in [4.78, 5) is 12.0. The molecule has 0 saturated heterocycles. The Morgan fingerprint density at radius 1 is 1.20 bits per heavy atom. The van der Waals surface area contributed by atoms with Crippen molar-refractivity contribution in [3.63, 3.8) is 0 Å². The minimum atomic E-state index is -3.78. The normalized spacial score (nSPS) is 11.3. The van der Waals surface area contributed by atoms with E-state index in [1.807, 2.05) is 6.92 Å². The van der Waals surface area contributed by atoms with Crippen LogP contribution >= 0.6 is 11.6 Å². The van der Waals surface area contributed by atoms with Crippen LogP contribution in [0.2, 0.25) is 5.02 Å². The second-order valence-electron chi connectivity index (χ2n) is 5.33. The van der Waals surface area contributed by atoms with E-state index < -0.39 is 21.7 Å². The van der Waals surface area contributed by atoms with E-state index in [0.717, 1.165) is 12.5 Å². The van der Waals surface area contributed by atoms with Gasteiger partial charge in [0.05, 0.1) is 21.2 Å². The first kappa shape index (κ1) is 19.4. The zero-order valence-electron chi connectivity index (χ0n) is 13.6. The first-order chi connectivity index (χ1) is 11.8. The van der Waals surface area contributed by atoms with Gasteiger partial charge in [-0.15, -0.1) is 0 Å². The van der Waals surface area contributed by atoms with E-state index in [4.69, 9.17) is 11.6 Å². The van der Waals surface area contributed by atoms with Crippen LogP contribution in [0.4, 0.5) is 10.1 Å². The third-order valence-corrected chi connectivity index (χ3v) is 5.23. The molecule has 8 heteroatoms. The zero-order chi connectivity index (χ0) is 18.4. The molecule has 25 heavy (non-hydrogen) atoms. The Bertz CT molecular complexity index is 872. The molecule has 0 saturated carbocycles. The van der Waals surface area contributed by atoms with Gasteiger partial charge in [-0.1, -0.05) is 37.1 Å². The van der Waals surface area contributed by atoms with Crippen molar-refractivity contribution in [1.29, 1.82) is 0 Å². The fraction of sp³-hybridized carbons (Fsp3) is 0.235. The van der Waals surface area contributed by atoms with Gasteiger partial charge in [-0.3, -0.25) is 4.79 Å². The topological polar surface area (TPSA) is 75.3 Å². The number of carbonyl (C=O) groups excluding carboxylic acids is 1. The Morgan fingerprint density at radius 3 is 2.56 bits per heavy atom. The van der Waals surface area contributed by atoms with Gasteiger partial charge in [0.1, 0.15) is 5.82 Å². The number of nitrogens with one attached hydrogen (secondary N) is 2. The number of sulfonamides is 1. The maximum Gasteiger partial charge on any atom is 0.257 e. The molecule has 0 aliphatic heterocycles. The molecule has 2 N–H and O–H groups in total. The van der Waals surface area contributed by atoms with Crippen LogP contribution in [-0.2, 0) is 10.0 Å². The zero-order valence-corrected chi connectivity index (χ0v) is 15.1. The first-order valence-electron chi connectivity index (χ1n) is 7.70. The van der Waals surface area contributed by atoms with Gasteiger partial charge in [-0.2, -0.15) is 0 Å². The molecule has 134 valence electrons. The number of anilines is 1. The Morgan fingerprint density at radius 2 is 1.92 bits per heavy atom. The van der Waals surface area contributed by atoms with Crippen LogP contribution in [0.1, 0.15) is 30.1 Å². The van der Waals surface area contributed by atoms with Gasteiger partial charge in [-0.05, 0) is 36.8 Å². The van der Waals surface area contributed by atoms with Crippen LogP contribution in [0.5, 0.6) is 0 Å². The molecule has 0 atom stereocenters. The smallest absolute Gasteiger partial charge is 0.257 e. The van der Waals surface area contributed by atoms with Crippen LogP contribution in [0.3, 0.4) is 0 Å². The van der Waals surface area contributed by atoms with Crippen molar-refractivity contribution in [3.8, 4) is 0 Å². The molecule has 2 aromatic carbocycles. The van der Waals surface area contributed by atoms with Crippen LogP contribution in [-0.4, -0.2) is 20.9 Å². The Hall–Kier alpha value is -1.96. The summed E-state index contributed by atoms with van der Waals surface area (Å²) >= 11 is 5.93. The molecule has 0 bridgehead atoms. The fourth-order valence-corrected chi connectivity index (χ4v) is 3.37. The lowest BCUT2D eigenvalue weighted by Crippen LogP contribution is -2.25. The lowest BCUT2D eigenvalue weighted by molar-refractivity contribution is 0.102. The summed E-state index contributed by atoms with van der Waals surface area (Å²) < 4.78 is 40.8. The number of unbranched alkanes of at least 4 members (excludes halogenated alkanes) is 1. The highest BCUT2D eigenvalue weighted by Crippen LogP contribution is 2.21. The van der Waals surface area contributed by atoms with Gasteiger partial charge in [0.15, 0.2) is 0 Å². The summed E-state index contributed by atoms with van der Waals surface area (Å²) in [6.07, 6.45) is 1.53. The summed E-state index contributed by atoms with van der Waals surface area (Å²) in [7, 11) is -3.78. The minimum absolute atomic E-state index is 0.127. The van der Waals surface area contributed by atoms with E-state index in [1.165, 1.54) is 18.2 Å². The van der Waals surface area contributed by atoms with Gasteiger partial charge in [0, 0.05) is 6.54 Å². The number of rotatable bonds is 7. The van der Waals surface area contributed by atoms with E-state index in [1.54, 1.807) is 18.2 Å². The van der Waals surface area contributed by atoms with Crippen LogP contribution < -0.4 is 10.0 Å².